The van der Waals surface area contributed by atoms with Crippen LogP contribution in [0.25, 0.3) is 10.8 Å². The van der Waals surface area contributed by atoms with Crippen molar-refractivity contribution in [3.63, 3.8) is 0 Å². The Morgan fingerprint density at radius 3 is 2.76 bits per heavy atom. The van der Waals surface area contributed by atoms with Gasteiger partial charge < -0.3 is 10.4 Å². The van der Waals surface area contributed by atoms with E-state index < -0.39 is 5.97 Å². The number of aliphatic carboxylic acids is 1. The number of pyridine rings is 1. The van der Waals surface area contributed by atoms with E-state index in [0.717, 1.165) is 16.3 Å². The molecule has 0 fully saturated rings. The summed E-state index contributed by atoms with van der Waals surface area (Å²) in [5.74, 6) is -1.01. The second-order valence-electron chi connectivity index (χ2n) is 5.05. The number of nitrogens with zero attached hydrogens (tertiary/aromatic N) is 1. The largest absolute Gasteiger partial charge is 0.481 e. The highest BCUT2D eigenvalue weighted by Gasteiger charge is 2.14. The molecule has 110 valence electrons. The molecule has 2 N–H and O–H groups in total. The minimum atomic E-state index is -0.860. The molecule has 2 rings (SSSR count). The molecule has 1 amide bonds. The number of benzene rings is 1. The first-order chi connectivity index (χ1) is 10.1. The highest BCUT2D eigenvalue weighted by Crippen LogP contribution is 2.19. The molecule has 0 aliphatic rings. The molecule has 1 atom stereocenters. The van der Waals surface area contributed by atoms with Gasteiger partial charge in [-0.25, -0.2) is 0 Å². The Bertz CT molecular complexity index is 650. The van der Waals surface area contributed by atoms with E-state index in [1.54, 1.807) is 12.4 Å². The van der Waals surface area contributed by atoms with E-state index in [9.17, 15) is 9.59 Å². The Balaban J connectivity index is 2.21. The van der Waals surface area contributed by atoms with Crippen molar-refractivity contribution in [2.45, 2.75) is 32.2 Å². The summed E-state index contributed by atoms with van der Waals surface area (Å²) in [5.41, 5.74) is 1.01. The first-order valence-corrected chi connectivity index (χ1v) is 6.87. The minimum absolute atomic E-state index is 0.0309. The monoisotopic (exact) mass is 286 g/mol. The average molecular weight is 286 g/mol. The van der Waals surface area contributed by atoms with E-state index in [4.69, 9.17) is 5.11 Å². The lowest BCUT2D eigenvalue weighted by molar-refractivity contribution is -0.137. The Morgan fingerprint density at radius 2 is 2.05 bits per heavy atom. The maximum Gasteiger partial charge on any atom is 0.303 e. The van der Waals surface area contributed by atoms with Gasteiger partial charge >= 0.3 is 5.97 Å². The molecular weight excluding hydrogens is 268 g/mol. The molecule has 0 saturated heterocycles. The number of amides is 1. The van der Waals surface area contributed by atoms with Crippen molar-refractivity contribution >= 4 is 22.6 Å². The molecule has 5 heteroatoms. The first-order valence-electron chi connectivity index (χ1n) is 6.87. The van der Waals surface area contributed by atoms with Crippen LogP contribution in [0.5, 0.6) is 0 Å². The van der Waals surface area contributed by atoms with E-state index in [2.05, 4.69) is 10.3 Å². The smallest absolute Gasteiger partial charge is 0.303 e. The number of nitrogens with one attached hydrogen (secondary N) is 1. The van der Waals surface area contributed by atoms with Gasteiger partial charge in [-0.3, -0.25) is 14.6 Å². The van der Waals surface area contributed by atoms with Gasteiger partial charge in [0.1, 0.15) is 0 Å². The fraction of sp³-hybridized carbons (Fsp3) is 0.312. The highest BCUT2D eigenvalue weighted by molar-refractivity contribution is 5.84. The Morgan fingerprint density at radius 1 is 1.29 bits per heavy atom. The van der Waals surface area contributed by atoms with Crippen LogP contribution >= 0.6 is 0 Å². The van der Waals surface area contributed by atoms with Gasteiger partial charge in [-0.15, -0.1) is 0 Å². The molecule has 0 saturated carbocycles. The van der Waals surface area contributed by atoms with Crippen LogP contribution in [0, 0.1) is 0 Å². The van der Waals surface area contributed by atoms with E-state index >= 15 is 0 Å². The average Bonchev–Trinajstić information content (AvgIpc) is 2.44. The summed E-state index contributed by atoms with van der Waals surface area (Å²) in [4.78, 5) is 26.2. The number of hydrogen-bond donors (Lipinski definition) is 2. The van der Waals surface area contributed by atoms with Crippen LogP contribution in [0.2, 0.25) is 0 Å². The molecule has 2 aromatic rings. The van der Waals surface area contributed by atoms with Gasteiger partial charge in [-0.05, 0) is 23.8 Å². The molecule has 5 nitrogen and oxygen atoms in total. The van der Waals surface area contributed by atoms with E-state index in [1.165, 1.54) is 6.92 Å². The molecule has 1 unspecified atom stereocenters. The van der Waals surface area contributed by atoms with Crippen LogP contribution in [0.3, 0.4) is 0 Å². The van der Waals surface area contributed by atoms with Crippen molar-refractivity contribution in [3.05, 3.63) is 42.2 Å². The third kappa shape index (κ3) is 4.27. The predicted octanol–water partition coefficient (Wildman–Crippen LogP) is 2.15. The molecule has 0 aliphatic carbocycles. The summed E-state index contributed by atoms with van der Waals surface area (Å²) >= 11 is 0. The topological polar surface area (TPSA) is 79.3 Å². The van der Waals surface area contributed by atoms with Crippen molar-refractivity contribution in [3.8, 4) is 0 Å². The van der Waals surface area contributed by atoms with Gasteiger partial charge in [-0.2, -0.15) is 0 Å². The number of hydrogen-bond acceptors (Lipinski definition) is 3. The van der Waals surface area contributed by atoms with Gasteiger partial charge in [-0.1, -0.05) is 24.3 Å². The maximum absolute atomic E-state index is 11.3. The Kier molecular flexibility index (Phi) is 4.87. The number of carboxylic acids is 1. The fourth-order valence-corrected chi connectivity index (χ4v) is 2.42. The molecule has 0 radical (unpaired) electrons. The minimum Gasteiger partial charge on any atom is -0.481 e. The summed E-state index contributed by atoms with van der Waals surface area (Å²) in [5, 5.41) is 13.7. The van der Waals surface area contributed by atoms with Crippen molar-refractivity contribution < 1.29 is 14.7 Å². The van der Waals surface area contributed by atoms with Crippen LogP contribution in [0.4, 0.5) is 0 Å². The van der Waals surface area contributed by atoms with E-state index in [-0.39, 0.29) is 18.4 Å². The predicted molar refractivity (Wildman–Crippen MR) is 79.9 cm³/mol. The van der Waals surface area contributed by atoms with Gasteiger partial charge in [0.15, 0.2) is 0 Å². The van der Waals surface area contributed by atoms with Crippen molar-refractivity contribution in [1.82, 2.24) is 10.3 Å². The lowest BCUT2D eigenvalue weighted by Crippen LogP contribution is -2.35. The standard InChI is InChI=1S/C16H18N2O3/c1-11(19)18-14(6-7-16(20)21)8-13-10-17-9-12-4-2-3-5-15(12)13/h2-5,9-10,14H,6-8H2,1H3,(H,18,19)(H,20,21). The molecule has 0 spiro atoms. The highest BCUT2D eigenvalue weighted by atomic mass is 16.4. The number of carbonyl (C=O) groups is 2. The summed E-state index contributed by atoms with van der Waals surface area (Å²) in [7, 11) is 0. The fourth-order valence-electron chi connectivity index (χ4n) is 2.42. The summed E-state index contributed by atoms with van der Waals surface area (Å²) in [6.45, 7) is 1.44. The van der Waals surface area contributed by atoms with Crippen molar-refractivity contribution in [2.75, 3.05) is 0 Å². The van der Waals surface area contributed by atoms with Crippen LogP contribution < -0.4 is 5.32 Å². The number of rotatable bonds is 6. The number of carboxylic acid groups (broad SMARTS) is 1. The molecule has 0 aliphatic heterocycles. The van der Waals surface area contributed by atoms with Gasteiger partial charge in [0.25, 0.3) is 0 Å². The van der Waals surface area contributed by atoms with Gasteiger partial charge in [0.05, 0.1) is 0 Å². The summed E-state index contributed by atoms with van der Waals surface area (Å²) in [6, 6.07) is 7.69. The molecule has 1 aromatic heterocycles. The van der Waals surface area contributed by atoms with Crippen LogP contribution in [0.15, 0.2) is 36.7 Å². The lowest BCUT2D eigenvalue weighted by atomic mass is 9.98. The molecule has 0 bridgehead atoms. The van der Waals surface area contributed by atoms with Gasteiger partial charge in [0, 0.05) is 37.2 Å². The number of carbonyl (C=O) groups excluding carboxylic acids is 1. The quantitative estimate of drug-likeness (QED) is 0.852. The third-order valence-corrected chi connectivity index (χ3v) is 3.33. The van der Waals surface area contributed by atoms with Crippen LogP contribution in [-0.2, 0) is 16.0 Å². The van der Waals surface area contributed by atoms with E-state index in [0.29, 0.717) is 12.8 Å². The molecule has 1 heterocycles. The molecular formula is C16H18N2O3. The zero-order chi connectivity index (χ0) is 15.2. The first kappa shape index (κ1) is 15.0. The number of aromatic nitrogens is 1. The Labute approximate surface area is 123 Å². The second-order valence-corrected chi connectivity index (χ2v) is 5.05. The normalized spacial score (nSPS) is 12.0. The molecule has 21 heavy (non-hydrogen) atoms. The zero-order valence-electron chi connectivity index (χ0n) is 11.9. The van der Waals surface area contributed by atoms with Crippen molar-refractivity contribution in [1.29, 1.82) is 0 Å². The van der Waals surface area contributed by atoms with Gasteiger partial charge in [0.2, 0.25) is 5.91 Å². The van der Waals surface area contributed by atoms with Crippen molar-refractivity contribution in [2.24, 2.45) is 0 Å². The third-order valence-electron chi connectivity index (χ3n) is 3.33. The van der Waals surface area contributed by atoms with Crippen LogP contribution in [0.1, 0.15) is 25.3 Å². The summed E-state index contributed by atoms with van der Waals surface area (Å²) < 4.78 is 0. The lowest BCUT2D eigenvalue weighted by Gasteiger charge is -2.18. The van der Waals surface area contributed by atoms with Crippen LogP contribution in [-0.4, -0.2) is 28.0 Å². The zero-order valence-corrected chi connectivity index (χ0v) is 11.9. The van der Waals surface area contributed by atoms with E-state index in [1.807, 2.05) is 24.3 Å². The maximum atomic E-state index is 11.3. The SMILES string of the molecule is CC(=O)NC(CCC(=O)O)Cc1cncc2ccccc12. The molecule has 1 aromatic carbocycles. The summed E-state index contributed by atoms with van der Waals surface area (Å²) in [6.07, 6.45) is 4.57. The second kappa shape index (κ2) is 6.83. The Hall–Kier alpha value is -2.43. The number of fused-ring (bicyclic) bond motifs is 1.